The summed E-state index contributed by atoms with van der Waals surface area (Å²) in [7, 11) is 0. The summed E-state index contributed by atoms with van der Waals surface area (Å²) in [6, 6.07) is 4.44. The number of halogens is 3. The van der Waals surface area contributed by atoms with Gasteiger partial charge < -0.3 is 15.5 Å². The van der Waals surface area contributed by atoms with Crippen LogP contribution in [-0.2, 0) is 4.79 Å². The average molecular weight is 435 g/mol. The molecule has 2 fully saturated rings. The zero-order valence-electron chi connectivity index (χ0n) is 15.6. The van der Waals surface area contributed by atoms with Gasteiger partial charge >= 0.3 is 0 Å². The number of piperidine rings is 1. The monoisotopic (exact) mass is 433 g/mol. The lowest BCUT2D eigenvalue weighted by atomic mass is 9.79. The third-order valence-corrected chi connectivity index (χ3v) is 5.97. The Morgan fingerprint density at radius 3 is 2.33 bits per heavy atom. The lowest BCUT2D eigenvalue weighted by molar-refractivity contribution is -0.138. The lowest BCUT2D eigenvalue weighted by Gasteiger charge is -2.44. The fourth-order valence-corrected chi connectivity index (χ4v) is 4.41. The molecule has 3 rings (SSSR count). The molecule has 0 bridgehead atoms. The van der Waals surface area contributed by atoms with Gasteiger partial charge in [0.2, 0.25) is 5.91 Å². The normalized spacial score (nSPS) is 24.5. The Morgan fingerprint density at radius 2 is 1.74 bits per heavy atom. The smallest absolute Gasteiger partial charge is 0.254 e. The van der Waals surface area contributed by atoms with E-state index in [2.05, 4.69) is 13.8 Å². The van der Waals surface area contributed by atoms with Crippen LogP contribution in [0.2, 0.25) is 10.0 Å². The van der Waals surface area contributed by atoms with Crippen molar-refractivity contribution in [1.82, 2.24) is 9.80 Å². The molecule has 0 aliphatic carbocycles. The van der Waals surface area contributed by atoms with Crippen LogP contribution < -0.4 is 5.73 Å². The molecule has 0 spiro atoms. The van der Waals surface area contributed by atoms with Crippen LogP contribution in [0.15, 0.2) is 18.2 Å². The van der Waals surface area contributed by atoms with E-state index in [4.69, 9.17) is 28.9 Å². The van der Waals surface area contributed by atoms with E-state index < -0.39 is 6.04 Å². The molecule has 0 radical (unpaired) electrons. The number of amides is 2. The summed E-state index contributed by atoms with van der Waals surface area (Å²) >= 11 is 12.0. The lowest BCUT2D eigenvalue weighted by Crippen LogP contribution is -2.57. The molecule has 1 aromatic rings. The molecule has 2 amide bonds. The molecule has 0 saturated carbocycles. The van der Waals surface area contributed by atoms with E-state index in [0.717, 1.165) is 12.8 Å². The molecule has 150 valence electrons. The summed E-state index contributed by atoms with van der Waals surface area (Å²) in [5.74, 6) is -0.179. The van der Waals surface area contributed by atoms with Gasteiger partial charge in [-0.1, -0.05) is 37.0 Å². The highest BCUT2D eigenvalue weighted by molar-refractivity contribution is 6.35. The zero-order chi connectivity index (χ0) is 19.1. The van der Waals surface area contributed by atoms with Crippen LogP contribution in [0.5, 0.6) is 0 Å². The van der Waals surface area contributed by atoms with Gasteiger partial charge in [-0.25, -0.2) is 0 Å². The summed E-state index contributed by atoms with van der Waals surface area (Å²) in [5, 5.41) is 0.824. The van der Waals surface area contributed by atoms with Gasteiger partial charge in [0, 0.05) is 41.3 Å². The first-order chi connectivity index (χ1) is 12.2. The molecule has 5 nitrogen and oxygen atoms in total. The largest absolute Gasteiger partial charge is 0.340 e. The summed E-state index contributed by atoms with van der Waals surface area (Å²) in [6.07, 6.45) is 2.28. The Hall–Kier alpha value is -1.01. The molecule has 2 aliphatic rings. The predicted molar refractivity (Wildman–Crippen MR) is 111 cm³/mol. The third-order valence-electron chi connectivity index (χ3n) is 5.53. The summed E-state index contributed by atoms with van der Waals surface area (Å²) in [6.45, 7) is 6.00. The number of likely N-dealkylation sites (tertiary alicyclic amines) is 2. The van der Waals surface area contributed by atoms with E-state index in [1.54, 1.807) is 23.1 Å². The number of benzene rings is 1. The highest BCUT2D eigenvalue weighted by Gasteiger charge is 2.41. The maximum Gasteiger partial charge on any atom is 0.254 e. The molecule has 8 heteroatoms. The van der Waals surface area contributed by atoms with E-state index in [0.29, 0.717) is 41.7 Å². The fraction of sp³-hybridized carbons (Fsp3) is 0.579. The van der Waals surface area contributed by atoms with E-state index in [1.165, 1.54) is 0 Å². The van der Waals surface area contributed by atoms with Crippen molar-refractivity contribution >= 4 is 47.4 Å². The standard InChI is InChI=1S/C19H25Cl2N3O2.ClH/c1-19(2)11-23(7-5-16(19)22)18(26)15-4-3-6-24(15)17(25)12-8-13(20)10-14(21)9-12;/h8-10,15-16H,3-7,11,22H2,1-2H3;1H. The van der Waals surface area contributed by atoms with E-state index in [9.17, 15) is 9.59 Å². The Morgan fingerprint density at radius 1 is 1.11 bits per heavy atom. The van der Waals surface area contributed by atoms with Crippen molar-refractivity contribution in [1.29, 1.82) is 0 Å². The van der Waals surface area contributed by atoms with Gasteiger partial charge in [-0.3, -0.25) is 9.59 Å². The minimum absolute atomic E-state index is 0. The molecule has 27 heavy (non-hydrogen) atoms. The van der Waals surface area contributed by atoms with Gasteiger partial charge in [0.15, 0.2) is 0 Å². The molecule has 2 saturated heterocycles. The second-order valence-corrected chi connectivity index (χ2v) is 8.83. The van der Waals surface area contributed by atoms with Crippen molar-refractivity contribution in [3.05, 3.63) is 33.8 Å². The van der Waals surface area contributed by atoms with E-state index in [1.807, 2.05) is 4.90 Å². The molecular weight excluding hydrogens is 409 g/mol. The highest BCUT2D eigenvalue weighted by Crippen LogP contribution is 2.30. The molecule has 2 N–H and O–H groups in total. The minimum Gasteiger partial charge on any atom is -0.340 e. The van der Waals surface area contributed by atoms with Crippen LogP contribution in [0.1, 0.15) is 43.5 Å². The van der Waals surface area contributed by atoms with E-state index >= 15 is 0 Å². The van der Waals surface area contributed by atoms with Crippen molar-refractivity contribution < 1.29 is 9.59 Å². The number of nitrogens with two attached hydrogens (primary N) is 1. The second-order valence-electron chi connectivity index (χ2n) is 7.96. The SMILES string of the molecule is CC1(C)CN(C(=O)C2CCCN2C(=O)c2cc(Cl)cc(Cl)c2)CCC1N.Cl. The Balaban J connectivity index is 0.00000261. The number of hydrogen-bond acceptors (Lipinski definition) is 3. The molecule has 1 aromatic carbocycles. The molecule has 2 atom stereocenters. The highest BCUT2D eigenvalue weighted by atomic mass is 35.5. The summed E-state index contributed by atoms with van der Waals surface area (Å²) in [4.78, 5) is 29.6. The Labute approximate surface area is 176 Å². The van der Waals surface area contributed by atoms with Gasteiger partial charge in [-0.15, -0.1) is 12.4 Å². The molecule has 2 aliphatic heterocycles. The number of hydrogen-bond donors (Lipinski definition) is 1. The maximum absolute atomic E-state index is 13.1. The van der Waals surface area contributed by atoms with Crippen LogP contribution in [0.25, 0.3) is 0 Å². The molecule has 0 aromatic heterocycles. The Kier molecular flexibility index (Phi) is 7.06. The van der Waals surface area contributed by atoms with Crippen LogP contribution >= 0.6 is 35.6 Å². The topological polar surface area (TPSA) is 66.6 Å². The fourth-order valence-electron chi connectivity index (χ4n) is 3.88. The van der Waals surface area contributed by atoms with Gasteiger partial charge in [0.05, 0.1) is 0 Å². The zero-order valence-corrected chi connectivity index (χ0v) is 17.9. The molecule has 2 heterocycles. The van der Waals surface area contributed by atoms with Gasteiger partial charge in [0.1, 0.15) is 6.04 Å². The second kappa shape index (κ2) is 8.56. The number of nitrogens with zero attached hydrogens (tertiary/aromatic N) is 2. The average Bonchev–Trinajstić information content (AvgIpc) is 3.04. The maximum atomic E-state index is 13.1. The van der Waals surface area contributed by atoms with Gasteiger partial charge in [-0.05, 0) is 42.9 Å². The Bertz CT molecular complexity index is 706. The summed E-state index contributed by atoms with van der Waals surface area (Å²) < 4.78 is 0. The van der Waals surface area contributed by atoms with Crippen molar-refractivity contribution in [3.8, 4) is 0 Å². The van der Waals surface area contributed by atoms with Crippen LogP contribution in [0.3, 0.4) is 0 Å². The number of rotatable bonds is 2. The van der Waals surface area contributed by atoms with Crippen LogP contribution in [0.4, 0.5) is 0 Å². The number of carbonyl (C=O) groups excluding carboxylic acids is 2. The molecule has 2 unspecified atom stereocenters. The van der Waals surface area contributed by atoms with Crippen molar-refractivity contribution in [2.75, 3.05) is 19.6 Å². The molecular formula is C19H26Cl3N3O2. The first-order valence-electron chi connectivity index (χ1n) is 9.00. The first-order valence-corrected chi connectivity index (χ1v) is 9.76. The van der Waals surface area contributed by atoms with E-state index in [-0.39, 0.29) is 35.7 Å². The predicted octanol–water partition coefficient (Wildman–Crippen LogP) is 3.61. The first kappa shape index (κ1) is 22.3. The quantitative estimate of drug-likeness (QED) is 0.773. The van der Waals surface area contributed by atoms with Crippen molar-refractivity contribution in [3.63, 3.8) is 0 Å². The van der Waals surface area contributed by atoms with Gasteiger partial charge in [-0.2, -0.15) is 0 Å². The van der Waals surface area contributed by atoms with Crippen molar-refractivity contribution in [2.45, 2.75) is 45.2 Å². The van der Waals surface area contributed by atoms with Crippen molar-refractivity contribution in [2.24, 2.45) is 11.1 Å². The third kappa shape index (κ3) is 4.70. The van der Waals surface area contributed by atoms with Gasteiger partial charge in [0.25, 0.3) is 5.91 Å². The van der Waals surface area contributed by atoms with Crippen LogP contribution in [-0.4, -0.2) is 53.3 Å². The minimum atomic E-state index is -0.426. The summed E-state index contributed by atoms with van der Waals surface area (Å²) in [5.41, 5.74) is 6.48. The number of carbonyl (C=O) groups is 2. The van der Waals surface area contributed by atoms with Crippen LogP contribution in [0, 0.1) is 5.41 Å².